The van der Waals surface area contributed by atoms with E-state index in [-0.39, 0.29) is 5.91 Å². The highest BCUT2D eigenvalue weighted by Crippen LogP contribution is 2.04. The maximum Gasteiger partial charge on any atom is 0.299 e. The molecule has 0 aliphatic heterocycles. The molecule has 94 valence electrons. The Balaban J connectivity index is 2.73. The lowest BCUT2D eigenvalue weighted by Gasteiger charge is -2.18. The fourth-order valence-corrected chi connectivity index (χ4v) is 1.60. The van der Waals surface area contributed by atoms with E-state index in [9.17, 15) is 4.79 Å². The number of nitrogens with zero attached hydrogens (tertiary/aromatic N) is 1. The van der Waals surface area contributed by atoms with E-state index in [1.54, 1.807) is 11.8 Å². The van der Waals surface area contributed by atoms with E-state index >= 15 is 0 Å². The second-order valence-corrected chi connectivity index (χ2v) is 3.98. The van der Waals surface area contributed by atoms with Gasteiger partial charge in [0.05, 0.1) is 0 Å². The molecule has 0 heterocycles. The van der Waals surface area contributed by atoms with Crippen molar-refractivity contribution in [3.8, 4) is 11.8 Å². The summed E-state index contributed by atoms with van der Waals surface area (Å²) < 4.78 is 0. The molecule has 0 aliphatic rings. The van der Waals surface area contributed by atoms with Gasteiger partial charge in [0.15, 0.2) is 0 Å². The molecule has 0 radical (unpaired) electrons. The van der Waals surface area contributed by atoms with Crippen molar-refractivity contribution in [3.05, 3.63) is 48.0 Å². The normalized spacial score (nSPS) is 9.89. The molecule has 0 saturated carbocycles. The zero-order valence-electron chi connectivity index (χ0n) is 10.4. The average Bonchev–Trinajstić information content (AvgIpc) is 2.39. The molecule has 3 heteroatoms. The molecule has 0 unspecified atom stereocenters. The van der Waals surface area contributed by atoms with Gasteiger partial charge in [0.1, 0.15) is 0 Å². The van der Waals surface area contributed by atoms with E-state index < -0.39 is 0 Å². The first-order valence-electron chi connectivity index (χ1n) is 5.74. The summed E-state index contributed by atoms with van der Waals surface area (Å²) in [6.45, 7) is 2.74. The Hall–Kier alpha value is -1.72. The van der Waals surface area contributed by atoms with Crippen molar-refractivity contribution in [2.24, 2.45) is 0 Å². The molecule has 0 aliphatic carbocycles. The zero-order valence-corrected chi connectivity index (χ0v) is 11.2. The van der Waals surface area contributed by atoms with Crippen LogP contribution in [0.5, 0.6) is 0 Å². The van der Waals surface area contributed by atoms with Gasteiger partial charge in [-0.15, -0.1) is 11.6 Å². The van der Waals surface area contributed by atoms with Crippen LogP contribution < -0.4 is 0 Å². The third kappa shape index (κ3) is 5.07. The van der Waals surface area contributed by atoms with Gasteiger partial charge in [0.2, 0.25) is 0 Å². The van der Waals surface area contributed by atoms with Crippen LogP contribution in [0.3, 0.4) is 0 Å². The Labute approximate surface area is 113 Å². The van der Waals surface area contributed by atoms with Gasteiger partial charge in [-0.3, -0.25) is 4.79 Å². The first-order valence-corrected chi connectivity index (χ1v) is 6.28. The van der Waals surface area contributed by atoms with Crippen molar-refractivity contribution < 1.29 is 4.79 Å². The first-order chi connectivity index (χ1) is 8.77. The third-order valence-electron chi connectivity index (χ3n) is 2.32. The van der Waals surface area contributed by atoms with E-state index in [1.807, 2.05) is 42.5 Å². The van der Waals surface area contributed by atoms with Crippen LogP contribution in [0.25, 0.3) is 0 Å². The Kier molecular flexibility index (Phi) is 6.68. The van der Waals surface area contributed by atoms with Gasteiger partial charge in [0.25, 0.3) is 5.91 Å². The average molecular weight is 262 g/mol. The van der Waals surface area contributed by atoms with E-state index in [1.165, 1.54) is 0 Å². The van der Waals surface area contributed by atoms with Crippen LogP contribution in [-0.2, 0) is 11.3 Å². The van der Waals surface area contributed by atoms with E-state index in [0.29, 0.717) is 19.0 Å². The predicted molar refractivity (Wildman–Crippen MR) is 75.2 cm³/mol. The highest BCUT2D eigenvalue weighted by Gasteiger charge is 2.09. The van der Waals surface area contributed by atoms with Crippen LogP contribution in [0.2, 0.25) is 0 Å². The number of hydrogen-bond donors (Lipinski definition) is 0. The van der Waals surface area contributed by atoms with Crippen molar-refractivity contribution in [1.29, 1.82) is 0 Å². The molecule has 0 aromatic heterocycles. The molecule has 0 atom stereocenters. The van der Waals surface area contributed by atoms with Crippen LogP contribution in [0.15, 0.2) is 42.5 Å². The number of alkyl halides is 1. The number of hydrogen-bond acceptors (Lipinski definition) is 1. The molecule has 1 aromatic rings. The van der Waals surface area contributed by atoms with Crippen molar-refractivity contribution >= 4 is 17.5 Å². The van der Waals surface area contributed by atoms with Crippen LogP contribution in [0.1, 0.15) is 12.5 Å². The van der Waals surface area contributed by atoms with Crippen LogP contribution in [-0.4, -0.2) is 23.2 Å². The van der Waals surface area contributed by atoms with Crippen molar-refractivity contribution in [1.82, 2.24) is 4.90 Å². The molecule has 0 fully saturated rings. The maximum atomic E-state index is 11.8. The van der Waals surface area contributed by atoms with Gasteiger partial charge in [-0.2, -0.15) is 0 Å². The third-order valence-corrected chi connectivity index (χ3v) is 2.50. The van der Waals surface area contributed by atoms with Gasteiger partial charge in [-0.1, -0.05) is 48.4 Å². The van der Waals surface area contributed by atoms with Crippen molar-refractivity contribution in [2.45, 2.75) is 13.5 Å². The topological polar surface area (TPSA) is 20.3 Å². The number of carbonyl (C=O) groups excluding carboxylic acids is 1. The van der Waals surface area contributed by atoms with Crippen LogP contribution in [0, 0.1) is 11.8 Å². The summed E-state index contributed by atoms with van der Waals surface area (Å²) in [5, 5.41) is 0. The van der Waals surface area contributed by atoms with E-state index in [0.717, 1.165) is 5.56 Å². The Morgan fingerprint density at radius 3 is 2.67 bits per heavy atom. The highest BCUT2D eigenvalue weighted by atomic mass is 35.5. The summed E-state index contributed by atoms with van der Waals surface area (Å²) in [6.07, 6.45) is 3.71. The molecule has 1 aromatic carbocycles. The fourth-order valence-electron chi connectivity index (χ4n) is 1.47. The fraction of sp³-hybridized carbons (Fsp3) is 0.267. The zero-order chi connectivity index (χ0) is 13.2. The molecular formula is C15H16ClNO. The first kappa shape index (κ1) is 14.3. The molecule has 1 rings (SSSR count). The molecule has 2 nitrogen and oxygen atoms in total. The molecule has 1 amide bonds. The Morgan fingerprint density at radius 2 is 2.06 bits per heavy atom. The molecule has 0 spiro atoms. The Bertz CT molecular complexity index is 456. The standard InChI is InChI=1S/C15H16ClNO/c1-2-8-15(18)17(12-7-6-11-16)13-14-9-4-3-5-10-14/h3-7,9-10H,11-13H2,1H3/b7-6+. The number of amides is 1. The lowest BCUT2D eigenvalue weighted by molar-refractivity contribution is -0.125. The van der Waals surface area contributed by atoms with Crippen LogP contribution in [0.4, 0.5) is 0 Å². The minimum Gasteiger partial charge on any atom is -0.324 e. The molecule has 0 bridgehead atoms. The summed E-state index contributed by atoms with van der Waals surface area (Å²) in [5.41, 5.74) is 1.09. The number of benzene rings is 1. The minimum atomic E-state index is -0.166. The molecular weight excluding hydrogens is 246 g/mol. The quantitative estimate of drug-likeness (QED) is 0.453. The van der Waals surface area contributed by atoms with Gasteiger partial charge in [-0.05, 0) is 18.4 Å². The molecule has 0 saturated heterocycles. The predicted octanol–water partition coefficient (Wildman–Crippen LogP) is 2.83. The smallest absolute Gasteiger partial charge is 0.299 e. The summed E-state index contributed by atoms with van der Waals surface area (Å²) >= 11 is 5.57. The summed E-state index contributed by atoms with van der Waals surface area (Å²) in [6, 6.07) is 9.85. The molecule has 18 heavy (non-hydrogen) atoms. The van der Waals surface area contributed by atoms with Crippen molar-refractivity contribution in [3.63, 3.8) is 0 Å². The van der Waals surface area contributed by atoms with Gasteiger partial charge in [0, 0.05) is 19.0 Å². The van der Waals surface area contributed by atoms with E-state index in [2.05, 4.69) is 11.8 Å². The number of rotatable bonds is 5. The highest BCUT2D eigenvalue weighted by molar-refractivity contribution is 6.18. The summed E-state index contributed by atoms with van der Waals surface area (Å²) in [4.78, 5) is 13.5. The van der Waals surface area contributed by atoms with Gasteiger partial charge >= 0.3 is 0 Å². The summed E-state index contributed by atoms with van der Waals surface area (Å²) in [5.74, 6) is 5.48. The number of carbonyl (C=O) groups is 1. The SMILES string of the molecule is CC#CC(=O)N(C/C=C/CCl)Cc1ccccc1. The largest absolute Gasteiger partial charge is 0.324 e. The van der Waals surface area contributed by atoms with Crippen molar-refractivity contribution in [2.75, 3.05) is 12.4 Å². The Morgan fingerprint density at radius 1 is 1.33 bits per heavy atom. The lowest BCUT2D eigenvalue weighted by Crippen LogP contribution is -2.29. The molecule has 0 N–H and O–H groups in total. The maximum absolute atomic E-state index is 11.8. The second kappa shape index (κ2) is 8.38. The van der Waals surface area contributed by atoms with Crippen LogP contribution >= 0.6 is 11.6 Å². The van der Waals surface area contributed by atoms with E-state index in [4.69, 9.17) is 11.6 Å². The second-order valence-electron chi connectivity index (χ2n) is 3.67. The van der Waals surface area contributed by atoms with Gasteiger partial charge in [-0.25, -0.2) is 0 Å². The summed E-state index contributed by atoms with van der Waals surface area (Å²) in [7, 11) is 0. The lowest BCUT2D eigenvalue weighted by atomic mass is 10.2. The number of halogens is 1. The minimum absolute atomic E-state index is 0.166. The number of allylic oxidation sites excluding steroid dienone is 1. The monoisotopic (exact) mass is 261 g/mol. The van der Waals surface area contributed by atoms with Gasteiger partial charge < -0.3 is 4.90 Å².